The molecular weight excluding hydrogens is 472 g/mol. The number of aryl methyl sites for hydroxylation is 1. The first-order chi connectivity index (χ1) is 16.3. The summed E-state index contributed by atoms with van der Waals surface area (Å²) in [4.78, 5) is 12.8. The average Bonchev–Trinajstić information content (AvgIpc) is 2.82. The minimum atomic E-state index is -3.98. The van der Waals surface area contributed by atoms with E-state index in [0.29, 0.717) is 13.0 Å². The number of ether oxygens (including phenoxy) is 1. The Balaban J connectivity index is 1.62. The first-order valence-electron chi connectivity index (χ1n) is 11.1. The standard InChI is InChI=1S/C26H29ClN2O4S/c1-20(2)33-22-16-14-21(15-17-22)9-8-18-28-26(30)19-29(25-13-7-6-12-24(25)27)34(31,32)23-10-4-3-5-11-23/h3-7,10-17,20H,8-9,18-19H2,1-2H3,(H,28,30). The maximum atomic E-state index is 13.3. The summed E-state index contributed by atoms with van der Waals surface area (Å²) in [5.41, 5.74) is 1.39. The third-order valence-corrected chi connectivity index (χ3v) is 7.09. The van der Waals surface area contributed by atoms with Gasteiger partial charge in [-0.05, 0) is 68.7 Å². The van der Waals surface area contributed by atoms with Crippen LogP contribution in [0.15, 0.2) is 83.8 Å². The number of carbonyl (C=O) groups is 1. The monoisotopic (exact) mass is 500 g/mol. The van der Waals surface area contributed by atoms with Crippen molar-refractivity contribution in [1.82, 2.24) is 5.32 Å². The van der Waals surface area contributed by atoms with Crippen molar-refractivity contribution in [2.75, 3.05) is 17.4 Å². The number of halogens is 1. The predicted molar refractivity (Wildman–Crippen MR) is 136 cm³/mol. The summed E-state index contributed by atoms with van der Waals surface area (Å²) in [6.07, 6.45) is 1.61. The number of benzene rings is 3. The number of nitrogens with one attached hydrogen (secondary N) is 1. The number of hydrogen-bond acceptors (Lipinski definition) is 4. The Bertz CT molecular complexity index is 1180. The van der Waals surface area contributed by atoms with Gasteiger partial charge in [-0.2, -0.15) is 0 Å². The minimum absolute atomic E-state index is 0.0904. The molecule has 1 N–H and O–H groups in total. The first-order valence-corrected chi connectivity index (χ1v) is 12.9. The quantitative estimate of drug-likeness (QED) is 0.373. The van der Waals surface area contributed by atoms with E-state index in [0.717, 1.165) is 22.0 Å². The SMILES string of the molecule is CC(C)Oc1ccc(CCCNC(=O)CN(c2ccccc2Cl)S(=O)(=O)c2ccccc2)cc1. The molecule has 0 aliphatic carbocycles. The predicted octanol–water partition coefficient (Wildman–Crippen LogP) is 5.07. The lowest BCUT2D eigenvalue weighted by molar-refractivity contribution is -0.119. The lowest BCUT2D eigenvalue weighted by atomic mass is 10.1. The fourth-order valence-corrected chi connectivity index (χ4v) is 5.14. The number of rotatable bonds is 11. The van der Waals surface area contributed by atoms with E-state index in [4.69, 9.17) is 16.3 Å². The highest BCUT2D eigenvalue weighted by Crippen LogP contribution is 2.30. The van der Waals surface area contributed by atoms with E-state index < -0.39 is 15.9 Å². The molecular formula is C26H29ClN2O4S. The number of nitrogens with zero attached hydrogens (tertiary/aromatic N) is 1. The zero-order chi connectivity index (χ0) is 24.6. The fourth-order valence-electron chi connectivity index (χ4n) is 3.39. The normalized spacial score (nSPS) is 11.3. The molecule has 0 heterocycles. The van der Waals surface area contributed by atoms with Crippen LogP contribution in [0.1, 0.15) is 25.8 Å². The summed E-state index contributed by atoms with van der Waals surface area (Å²) in [6, 6.07) is 22.5. The van der Waals surface area contributed by atoms with Gasteiger partial charge in [0.2, 0.25) is 5.91 Å². The second-order valence-corrected chi connectivity index (χ2v) is 10.3. The summed E-state index contributed by atoms with van der Waals surface area (Å²) >= 11 is 6.28. The van der Waals surface area contributed by atoms with Crippen LogP contribution in [0.5, 0.6) is 5.75 Å². The van der Waals surface area contributed by atoms with Crippen molar-refractivity contribution in [3.63, 3.8) is 0 Å². The molecule has 0 aliphatic heterocycles. The molecule has 0 radical (unpaired) electrons. The van der Waals surface area contributed by atoms with Gasteiger partial charge < -0.3 is 10.1 Å². The number of anilines is 1. The van der Waals surface area contributed by atoms with Crippen LogP contribution in [-0.2, 0) is 21.2 Å². The lowest BCUT2D eigenvalue weighted by Gasteiger charge is -2.25. The minimum Gasteiger partial charge on any atom is -0.491 e. The number of para-hydroxylation sites is 1. The highest BCUT2D eigenvalue weighted by atomic mass is 35.5. The van der Waals surface area contributed by atoms with Crippen LogP contribution in [0.25, 0.3) is 0 Å². The van der Waals surface area contributed by atoms with Crippen molar-refractivity contribution in [3.8, 4) is 5.75 Å². The maximum Gasteiger partial charge on any atom is 0.264 e. The smallest absolute Gasteiger partial charge is 0.264 e. The molecule has 6 nitrogen and oxygen atoms in total. The van der Waals surface area contributed by atoms with Crippen molar-refractivity contribution in [3.05, 3.63) is 89.4 Å². The number of hydrogen-bond donors (Lipinski definition) is 1. The molecule has 34 heavy (non-hydrogen) atoms. The van der Waals surface area contributed by atoms with Crippen molar-refractivity contribution in [2.45, 2.75) is 37.7 Å². The Morgan fingerprint density at radius 3 is 2.26 bits per heavy atom. The van der Waals surface area contributed by atoms with E-state index in [-0.39, 0.29) is 28.3 Å². The van der Waals surface area contributed by atoms with Crippen molar-refractivity contribution >= 4 is 33.2 Å². The summed E-state index contributed by atoms with van der Waals surface area (Å²) in [7, 11) is -3.98. The fraction of sp³-hybridized carbons (Fsp3) is 0.269. The van der Waals surface area contributed by atoms with Gasteiger partial charge in [-0.25, -0.2) is 8.42 Å². The number of amides is 1. The highest BCUT2D eigenvalue weighted by molar-refractivity contribution is 7.92. The van der Waals surface area contributed by atoms with Gasteiger partial charge >= 0.3 is 0 Å². The Morgan fingerprint density at radius 2 is 1.62 bits per heavy atom. The summed E-state index contributed by atoms with van der Waals surface area (Å²) in [6.45, 7) is 4.01. The Morgan fingerprint density at radius 1 is 0.971 bits per heavy atom. The second kappa shape index (κ2) is 11.9. The van der Waals surface area contributed by atoms with E-state index in [1.807, 2.05) is 38.1 Å². The lowest BCUT2D eigenvalue weighted by Crippen LogP contribution is -2.41. The Hall–Kier alpha value is -3.03. The van der Waals surface area contributed by atoms with Crippen LogP contribution in [0.3, 0.4) is 0 Å². The molecule has 0 saturated heterocycles. The third-order valence-electron chi connectivity index (χ3n) is 5.00. The third kappa shape index (κ3) is 6.98. The van der Waals surface area contributed by atoms with Crippen LogP contribution < -0.4 is 14.4 Å². The first kappa shape index (κ1) is 25.6. The van der Waals surface area contributed by atoms with E-state index in [1.165, 1.54) is 12.1 Å². The van der Waals surface area contributed by atoms with E-state index in [9.17, 15) is 13.2 Å². The molecule has 0 aromatic heterocycles. The van der Waals surface area contributed by atoms with E-state index >= 15 is 0 Å². The molecule has 3 aromatic rings. The molecule has 3 rings (SSSR count). The van der Waals surface area contributed by atoms with Gasteiger partial charge in [-0.15, -0.1) is 0 Å². The van der Waals surface area contributed by atoms with Gasteiger partial charge in [-0.3, -0.25) is 9.10 Å². The zero-order valence-corrected chi connectivity index (χ0v) is 20.9. The molecule has 0 spiro atoms. The molecule has 0 saturated carbocycles. The van der Waals surface area contributed by atoms with E-state index in [2.05, 4.69) is 5.32 Å². The van der Waals surface area contributed by atoms with Gasteiger partial charge in [0.05, 0.1) is 21.7 Å². The van der Waals surface area contributed by atoms with Crippen LogP contribution in [0.4, 0.5) is 5.69 Å². The molecule has 0 unspecified atom stereocenters. The number of carbonyl (C=O) groups excluding carboxylic acids is 1. The summed E-state index contributed by atoms with van der Waals surface area (Å²) < 4.78 is 33.3. The molecule has 8 heteroatoms. The summed E-state index contributed by atoms with van der Waals surface area (Å²) in [5.74, 6) is 0.423. The Labute approximate surface area is 206 Å². The molecule has 0 fully saturated rings. The molecule has 0 bridgehead atoms. The van der Waals surface area contributed by atoms with Gasteiger partial charge in [-0.1, -0.05) is 54.1 Å². The van der Waals surface area contributed by atoms with Crippen molar-refractivity contribution in [2.24, 2.45) is 0 Å². The largest absolute Gasteiger partial charge is 0.491 e. The maximum absolute atomic E-state index is 13.3. The molecule has 0 atom stereocenters. The molecule has 180 valence electrons. The van der Waals surface area contributed by atoms with Crippen LogP contribution in [0.2, 0.25) is 5.02 Å². The van der Waals surface area contributed by atoms with Gasteiger partial charge in [0.1, 0.15) is 12.3 Å². The topological polar surface area (TPSA) is 75.7 Å². The number of sulfonamides is 1. The van der Waals surface area contributed by atoms with Crippen LogP contribution in [-0.4, -0.2) is 33.5 Å². The highest BCUT2D eigenvalue weighted by Gasteiger charge is 2.28. The van der Waals surface area contributed by atoms with Crippen molar-refractivity contribution in [1.29, 1.82) is 0 Å². The van der Waals surface area contributed by atoms with Crippen LogP contribution in [0, 0.1) is 0 Å². The van der Waals surface area contributed by atoms with Gasteiger partial charge in [0.25, 0.3) is 10.0 Å². The zero-order valence-electron chi connectivity index (χ0n) is 19.3. The van der Waals surface area contributed by atoms with E-state index in [1.54, 1.807) is 42.5 Å². The Kier molecular flexibility index (Phi) is 8.96. The molecule has 3 aromatic carbocycles. The average molecular weight is 501 g/mol. The van der Waals surface area contributed by atoms with Crippen molar-refractivity contribution < 1.29 is 17.9 Å². The molecule has 1 amide bonds. The van der Waals surface area contributed by atoms with Gasteiger partial charge in [0, 0.05) is 6.54 Å². The summed E-state index contributed by atoms with van der Waals surface area (Å²) in [5, 5.41) is 3.07. The van der Waals surface area contributed by atoms with Crippen LogP contribution >= 0.6 is 11.6 Å². The second-order valence-electron chi connectivity index (χ2n) is 8.04. The van der Waals surface area contributed by atoms with Gasteiger partial charge in [0.15, 0.2) is 0 Å². The molecule has 0 aliphatic rings.